The Morgan fingerprint density at radius 3 is 2.29 bits per heavy atom. The van der Waals surface area contributed by atoms with Crippen LogP contribution in [0.5, 0.6) is 0 Å². The fourth-order valence-corrected chi connectivity index (χ4v) is 2.58. The van der Waals surface area contributed by atoms with Crippen LogP contribution in [-0.4, -0.2) is 30.4 Å². The fraction of sp³-hybridized carbons (Fsp3) is 0.263. The molecule has 0 bridgehead atoms. The molecule has 0 atom stereocenters. The van der Waals surface area contributed by atoms with Crippen molar-refractivity contribution < 1.29 is 14.3 Å². The van der Waals surface area contributed by atoms with Crippen LogP contribution in [0.3, 0.4) is 0 Å². The molecule has 2 rings (SSSR count). The predicted molar refractivity (Wildman–Crippen MR) is 96.3 cm³/mol. The number of methoxy groups -OCH3 is 1. The van der Waals surface area contributed by atoms with E-state index in [2.05, 4.69) is 20.7 Å². The number of halogens is 1. The van der Waals surface area contributed by atoms with E-state index in [9.17, 15) is 9.59 Å². The van der Waals surface area contributed by atoms with Crippen molar-refractivity contribution in [3.63, 3.8) is 0 Å². The molecule has 0 heterocycles. The maximum atomic E-state index is 12.7. The van der Waals surface area contributed by atoms with Crippen molar-refractivity contribution in [3.8, 4) is 0 Å². The van der Waals surface area contributed by atoms with Gasteiger partial charge in [-0.2, -0.15) is 0 Å². The maximum absolute atomic E-state index is 12.7. The molecule has 0 spiro atoms. The van der Waals surface area contributed by atoms with Gasteiger partial charge in [0.1, 0.15) is 0 Å². The second-order valence-corrected chi connectivity index (χ2v) is 6.35. The molecule has 5 heteroatoms. The molecule has 1 amide bonds. The Kier molecular flexibility index (Phi) is 7.00. The number of esters is 1. The molecule has 0 aliphatic rings. The summed E-state index contributed by atoms with van der Waals surface area (Å²) >= 11 is 3.39. The van der Waals surface area contributed by atoms with Gasteiger partial charge in [-0.1, -0.05) is 58.4 Å². The smallest absolute Gasteiger partial charge is 0.307 e. The summed E-state index contributed by atoms with van der Waals surface area (Å²) in [4.78, 5) is 25.8. The number of rotatable bonds is 7. The van der Waals surface area contributed by atoms with E-state index < -0.39 is 0 Å². The number of benzene rings is 2. The van der Waals surface area contributed by atoms with Crippen molar-refractivity contribution in [2.24, 2.45) is 0 Å². The number of nitrogens with zero attached hydrogens (tertiary/aromatic N) is 1. The van der Waals surface area contributed by atoms with Gasteiger partial charge >= 0.3 is 5.97 Å². The third kappa shape index (κ3) is 5.81. The van der Waals surface area contributed by atoms with Crippen LogP contribution >= 0.6 is 15.9 Å². The number of carbonyl (C=O) groups is 2. The molecule has 0 unspecified atom stereocenters. The average molecular weight is 390 g/mol. The van der Waals surface area contributed by atoms with Crippen LogP contribution < -0.4 is 0 Å². The number of hydrogen-bond donors (Lipinski definition) is 0. The molecule has 0 aliphatic carbocycles. The largest absolute Gasteiger partial charge is 0.469 e. The van der Waals surface area contributed by atoms with Gasteiger partial charge in [0.2, 0.25) is 5.91 Å². The molecule has 0 aromatic heterocycles. The fourth-order valence-electron chi connectivity index (χ4n) is 2.31. The lowest BCUT2D eigenvalue weighted by Crippen LogP contribution is -2.34. The van der Waals surface area contributed by atoms with E-state index in [1.807, 2.05) is 54.6 Å². The van der Waals surface area contributed by atoms with Crippen molar-refractivity contribution in [1.82, 2.24) is 4.90 Å². The highest BCUT2D eigenvalue weighted by Gasteiger charge is 2.16. The standard InChI is InChI=1S/C19H20BrNO3/c1-24-19(23)11-12-21(14-16-5-3-2-4-6-16)18(22)13-15-7-9-17(20)10-8-15/h2-10H,11-14H2,1H3. The van der Waals surface area contributed by atoms with E-state index in [1.165, 1.54) is 7.11 Å². The first-order valence-electron chi connectivity index (χ1n) is 7.71. The van der Waals surface area contributed by atoms with Crippen molar-refractivity contribution >= 4 is 27.8 Å². The van der Waals surface area contributed by atoms with Gasteiger partial charge in [-0.05, 0) is 23.3 Å². The van der Waals surface area contributed by atoms with Gasteiger partial charge in [0.05, 0.1) is 20.0 Å². The Balaban J connectivity index is 2.06. The minimum atomic E-state index is -0.315. The Morgan fingerprint density at radius 2 is 1.67 bits per heavy atom. The van der Waals surface area contributed by atoms with Crippen molar-refractivity contribution in [1.29, 1.82) is 0 Å². The van der Waals surface area contributed by atoms with E-state index in [0.717, 1.165) is 15.6 Å². The summed E-state index contributed by atoms with van der Waals surface area (Å²) in [6.07, 6.45) is 0.497. The lowest BCUT2D eigenvalue weighted by atomic mass is 10.1. The molecular weight excluding hydrogens is 370 g/mol. The molecule has 2 aromatic rings. The molecule has 0 radical (unpaired) electrons. The summed E-state index contributed by atoms with van der Waals surface area (Å²) in [5, 5.41) is 0. The minimum Gasteiger partial charge on any atom is -0.469 e. The first kappa shape index (κ1) is 18.2. The molecule has 0 N–H and O–H groups in total. The van der Waals surface area contributed by atoms with Crippen LogP contribution in [0.4, 0.5) is 0 Å². The SMILES string of the molecule is COC(=O)CCN(Cc1ccccc1)C(=O)Cc1ccc(Br)cc1. The summed E-state index contributed by atoms with van der Waals surface area (Å²) in [6, 6.07) is 17.4. The van der Waals surface area contributed by atoms with Gasteiger partial charge in [-0.25, -0.2) is 0 Å². The van der Waals surface area contributed by atoms with Crippen LogP contribution in [-0.2, 0) is 27.3 Å². The van der Waals surface area contributed by atoms with Crippen LogP contribution in [0.2, 0.25) is 0 Å². The molecule has 2 aromatic carbocycles. The zero-order chi connectivity index (χ0) is 17.4. The van der Waals surface area contributed by atoms with Gasteiger partial charge < -0.3 is 9.64 Å². The van der Waals surface area contributed by atoms with Crippen LogP contribution in [0.25, 0.3) is 0 Å². The van der Waals surface area contributed by atoms with Gasteiger partial charge in [0, 0.05) is 17.6 Å². The monoisotopic (exact) mass is 389 g/mol. The van der Waals surface area contributed by atoms with Gasteiger partial charge in [0.15, 0.2) is 0 Å². The van der Waals surface area contributed by atoms with Gasteiger partial charge in [-0.3, -0.25) is 9.59 Å². The Morgan fingerprint density at radius 1 is 1.00 bits per heavy atom. The van der Waals surface area contributed by atoms with E-state index in [1.54, 1.807) is 4.90 Å². The number of carbonyl (C=O) groups excluding carboxylic acids is 2. The second kappa shape index (κ2) is 9.23. The Bertz CT molecular complexity index is 671. The highest BCUT2D eigenvalue weighted by Crippen LogP contribution is 2.13. The third-order valence-corrected chi connectivity index (χ3v) is 4.18. The zero-order valence-electron chi connectivity index (χ0n) is 13.6. The summed E-state index contributed by atoms with van der Waals surface area (Å²) in [5.41, 5.74) is 1.98. The number of hydrogen-bond acceptors (Lipinski definition) is 3. The topological polar surface area (TPSA) is 46.6 Å². The van der Waals surface area contributed by atoms with Crippen LogP contribution in [0, 0.1) is 0 Å². The van der Waals surface area contributed by atoms with Crippen molar-refractivity contribution in [2.75, 3.05) is 13.7 Å². The van der Waals surface area contributed by atoms with E-state index in [0.29, 0.717) is 19.5 Å². The van der Waals surface area contributed by atoms with Gasteiger partial charge in [-0.15, -0.1) is 0 Å². The molecule has 4 nitrogen and oxygen atoms in total. The van der Waals surface area contributed by atoms with E-state index in [-0.39, 0.29) is 18.3 Å². The lowest BCUT2D eigenvalue weighted by molar-refractivity contribution is -0.141. The Labute approximate surface area is 150 Å². The maximum Gasteiger partial charge on any atom is 0.307 e. The number of amides is 1. The summed E-state index contributed by atoms with van der Waals surface area (Å²) in [7, 11) is 1.35. The summed E-state index contributed by atoms with van der Waals surface area (Å²) in [5.74, 6) is -0.324. The van der Waals surface area contributed by atoms with Crippen LogP contribution in [0.15, 0.2) is 59.1 Å². The second-order valence-electron chi connectivity index (χ2n) is 5.43. The zero-order valence-corrected chi connectivity index (χ0v) is 15.2. The minimum absolute atomic E-state index is 0.00919. The quantitative estimate of drug-likeness (QED) is 0.679. The van der Waals surface area contributed by atoms with E-state index >= 15 is 0 Å². The molecule has 126 valence electrons. The molecule has 0 saturated carbocycles. The predicted octanol–water partition coefficient (Wildman–Crippen LogP) is 3.58. The molecule has 0 aliphatic heterocycles. The van der Waals surface area contributed by atoms with Crippen LogP contribution in [0.1, 0.15) is 17.5 Å². The third-order valence-electron chi connectivity index (χ3n) is 3.65. The average Bonchev–Trinajstić information content (AvgIpc) is 2.61. The molecule has 24 heavy (non-hydrogen) atoms. The molecule has 0 saturated heterocycles. The highest BCUT2D eigenvalue weighted by atomic mass is 79.9. The summed E-state index contributed by atoms with van der Waals surface area (Å²) < 4.78 is 5.66. The van der Waals surface area contributed by atoms with Gasteiger partial charge in [0.25, 0.3) is 0 Å². The highest BCUT2D eigenvalue weighted by molar-refractivity contribution is 9.10. The van der Waals surface area contributed by atoms with Crippen molar-refractivity contribution in [2.45, 2.75) is 19.4 Å². The Hall–Kier alpha value is -2.14. The first-order chi connectivity index (χ1) is 11.6. The van der Waals surface area contributed by atoms with Crippen molar-refractivity contribution in [3.05, 3.63) is 70.2 Å². The number of ether oxygens (including phenoxy) is 1. The first-order valence-corrected chi connectivity index (χ1v) is 8.50. The normalized spacial score (nSPS) is 10.2. The summed E-state index contributed by atoms with van der Waals surface area (Å²) in [6.45, 7) is 0.824. The van der Waals surface area contributed by atoms with E-state index in [4.69, 9.17) is 0 Å². The molecule has 0 fully saturated rings. The molecular formula is C19H20BrNO3. The lowest BCUT2D eigenvalue weighted by Gasteiger charge is -2.22.